The lowest BCUT2D eigenvalue weighted by molar-refractivity contribution is 0.102. The van der Waals surface area contributed by atoms with Gasteiger partial charge in [-0.15, -0.1) is 0 Å². The van der Waals surface area contributed by atoms with Gasteiger partial charge >= 0.3 is 0 Å². The maximum absolute atomic E-state index is 13.2. The number of anilines is 1. The first kappa shape index (κ1) is 23.0. The zero-order valence-electron chi connectivity index (χ0n) is 19.8. The van der Waals surface area contributed by atoms with Crippen molar-refractivity contribution < 1.29 is 9.53 Å². The summed E-state index contributed by atoms with van der Waals surface area (Å²) in [6.45, 7) is -0.0581. The molecule has 186 valence electrons. The van der Waals surface area contributed by atoms with Crippen LogP contribution in [-0.4, -0.2) is 35.3 Å². The van der Waals surface area contributed by atoms with Crippen molar-refractivity contribution >= 4 is 29.1 Å². The summed E-state index contributed by atoms with van der Waals surface area (Å²) in [7, 11) is 1.78. The van der Waals surface area contributed by atoms with Gasteiger partial charge in [-0.1, -0.05) is 48.0 Å². The number of ether oxygens (including phenoxy) is 1. The second-order valence-electron chi connectivity index (χ2n) is 8.87. The van der Waals surface area contributed by atoms with Crippen molar-refractivity contribution in [2.24, 2.45) is 7.05 Å². The van der Waals surface area contributed by atoms with E-state index in [1.54, 1.807) is 29.9 Å². The molecule has 3 heterocycles. The van der Waals surface area contributed by atoms with Gasteiger partial charge in [-0.25, -0.2) is 4.98 Å². The molecule has 1 saturated carbocycles. The number of aryl methyl sites for hydroxylation is 1. The second-order valence-corrected chi connectivity index (χ2v) is 9.27. The number of aromatic amines is 1. The maximum Gasteiger partial charge on any atom is 0.274 e. The largest absolute Gasteiger partial charge is 0.486 e. The van der Waals surface area contributed by atoms with Crippen LogP contribution in [0.2, 0.25) is 5.02 Å². The standard InChI is InChI=1S/C26H22ClN7O3/c1-33-21(13-19(31-33)15-10-11-15)29-25(36)23-18(27)8-5-9-20(23)37-14-17-12-22(35)34-26(28-17)30-24(32-34)16-6-3-2-4-7-16/h2-9,12-13,15H,10-11,14H2,1H3,(H,29,36)(H,28,30,32). The Bertz CT molecular complexity index is 1690. The van der Waals surface area contributed by atoms with E-state index >= 15 is 0 Å². The van der Waals surface area contributed by atoms with Gasteiger partial charge in [0.2, 0.25) is 0 Å². The van der Waals surface area contributed by atoms with E-state index in [1.165, 1.54) is 10.6 Å². The first-order chi connectivity index (χ1) is 18.0. The predicted molar refractivity (Wildman–Crippen MR) is 138 cm³/mol. The molecular weight excluding hydrogens is 494 g/mol. The molecule has 11 heteroatoms. The first-order valence-corrected chi connectivity index (χ1v) is 12.1. The number of carbonyl (C=O) groups excluding carboxylic acids is 1. The smallest absolute Gasteiger partial charge is 0.274 e. The third-order valence-corrected chi connectivity index (χ3v) is 6.46. The maximum atomic E-state index is 13.2. The van der Waals surface area contributed by atoms with Crippen LogP contribution in [0.25, 0.3) is 17.2 Å². The average Bonchev–Trinajstić information content (AvgIpc) is 3.55. The Morgan fingerprint density at radius 3 is 2.73 bits per heavy atom. The number of fused-ring (bicyclic) bond motifs is 1. The van der Waals surface area contributed by atoms with Crippen molar-refractivity contribution in [2.75, 3.05) is 5.32 Å². The molecule has 37 heavy (non-hydrogen) atoms. The zero-order chi connectivity index (χ0) is 25.5. The minimum absolute atomic E-state index is 0.0581. The molecule has 1 aliphatic carbocycles. The Morgan fingerprint density at radius 2 is 1.95 bits per heavy atom. The molecule has 10 nitrogen and oxygen atoms in total. The lowest BCUT2D eigenvalue weighted by Gasteiger charge is -2.13. The van der Waals surface area contributed by atoms with Crippen molar-refractivity contribution in [1.82, 2.24) is 29.4 Å². The number of carbonyl (C=O) groups is 1. The summed E-state index contributed by atoms with van der Waals surface area (Å²) in [5.41, 5.74) is 2.02. The van der Waals surface area contributed by atoms with Crippen LogP contribution in [-0.2, 0) is 13.7 Å². The number of amides is 1. The highest BCUT2D eigenvalue weighted by Crippen LogP contribution is 2.40. The number of benzene rings is 2. The average molecular weight is 516 g/mol. The highest BCUT2D eigenvalue weighted by molar-refractivity contribution is 6.34. The molecule has 0 bridgehead atoms. The van der Waals surface area contributed by atoms with Gasteiger partial charge in [-0.2, -0.15) is 14.6 Å². The first-order valence-electron chi connectivity index (χ1n) is 11.8. The molecule has 6 rings (SSSR count). The molecule has 0 radical (unpaired) electrons. The van der Waals surface area contributed by atoms with E-state index < -0.39 is 5.91 Å². The number of hydrogen-bond acceptors (Lipinski definition) is 6. The minimum atomic E-state index is -0.422. The fourth-order valence-corrected chi connectivity index (χ4v) is 4.34. The Hall–Kier alpha value is -4.44. The highest BCUT2D eigenvalue weighted by Gasteiger charge is 2.27. The molecule has 5 aromatic rings. The van der Waals surface area contributed by atoms with Crippen LogP contribution in [0, 0.1) is 0 Å². The Labute approximate surface area is 215 Å². The summed E-state index contributed by atoms with van der Waals surface area (Å²) in [4.78, 5) is 34.7. The predicted octanol–water partition coefficient (Wildman–Crippen LogP) is 4.18. The Kier molecular flexibility index (Phi) is 5.72. The molecule has 1 amide bonds. The summed E-state index contributed by atoms with van der Waals surface area (Å²) in [5, 5.41) is 10.6. The van der Waals surface area contributed by atoms with E-state index in [2.05, 4.69) is 25.5 Å². The number of rotatable bonds is 7. The molecule has 1 fully saturated rings. The highest BCUT2D eigenvalue weighted by atomic mass is 35.5. The van der Waals surface area contributed by atoms with Crippen molar-refractivity contribution in [3.05, 3.63) is 93.0 Å². The third kappa shape index (κ3) is 4.58. The number of halogens is 1. The van der Waals surface area contributed by atoms with Gasteiger partial charge in [-0.3, -0.25) is 19.4 Å². The number of aromatic nitrogens is 6. The van der Waals surface area contributed by atoms with Gasteiger partial charge in [0.05, 0.1) is 16.4 Å². The van der Waals surface area contributed by atoms with Crippen LogP contribution in [0.5, 0.6) is 5.75 Å². The van der Waals surface area contributed by atoms with E-state index in [0.717, 1.165) is 24.1 Å². The van der Waals surface area contributed by atoms with Gasteiger partial charge in [0.25, 0.3) is 17.2 Å². The SMILES string of the molecule is Cn1nc(C2CC2)cc1NC(=O)c1c(Cl)cccc1OCc1cc(=O)n2[nH]c(-c3ccccc3)nc2n1. The molecule has 2 aromatic carbocycles. The van der Waals surface area contributed by atoms with Gasteiger partial charge in [0.1, 0.15) is 23.7 Å². The van der Waals surface area contributed by atoms with Gasteiger partial charge in [0, 0.05) is 30.7 Å². The summed E-state index contributed by atoms with van der Waals surface area (Å²) in [5.74, 6) is 1.63. The van der Waals surface area contributed by atoms with E-state index in [1.807, 2.05) is 36.4 Å². The molecule has 0 aliphatic heterocycles. The molecule has 0 saturated heterocycles. The summed E-state index contributed by atoms with van der Waals surface area (Å²) < 4.78 is 8.84. The molecule has 1 aliphatic rings. The summed E-state index contributed by atoms with van der Waals surface area (Å²) in [6, 6.07) is 17.6. The van der Waals surface area contributed by atoms with Crippen molar-refractivity contribution in [3.63, 3.8) is 0 Å². The van der Waals surface area contributed by atoms with E-state index in [4.69, 9.17) is 16.3 Å². The fraction of sp³-hybridized carbons (Fsp3) is 0.192. The van der Waals surface area contributed by atoms with Crippen molar-refractivity contribution in [1.29, 1.82) is 0 Å². The van der Waals surface area contributed by atoms with Crippen molar-refractivity contribution in [3.8, 4) is 17.1 Å². The molecular formula is C26H22ClN7O3. The van der Waals surface area contributed by atoms with Gasteiger partial charge in [-0.05, 0) is 25.0 Å². The molecule has 0 spiro atoms. The molecule has 2 N–H and O–H groups in total. The molecule has 3 aromatic heterocycles. The Balaban J connectivity index is 1.24. The summed E-state index contributed by atoms with van der Waals surface area (Å²) in [6.07, 6.45) is 2.23. The number of H-pyrrole nitrogens is 1. The second kappa shape index (κ2) is 9.21. The minimum Gasteiger partial charge on any atom is -0.486 e. The van der Waals surface area contributed by atoms with Gasteiger partial charge in [0.15, 0.2) is 5.82 Å². The van der Waals surface area contributed by atoms with E-state index in [-0.39, 0.29) is 34.3 Å². The lowest BCUT2D eigenvalue weighted by Crippen LogP contribution is -2.18. The number of nitrogens with one attached hydrogen (secondary N) is 2. The Morgan fingerprint density at radius 1 is 1.14 bits per heavy atom. The quantitative estimate of drug-likeness (QED) is 0.335. The summed E-state index contributed by atoms with van der Waals surface area (Å²) >= 11 is 6.40. The fourth-order valence-electron chi connectivity index (χ4n) is 4.09. The normalized spacial score (nSPS) is 13.1. The van der Waals surface area contributed by atoms with E-state index in [0.29, 0.717) is 23.3 Å². The third-order valence-electron chi connectivity index (χ3n) is 6.14. The van der Waals surface area contributed by atoms with Crippen LogP contribution in [0.3, 0.4) is 0 Å². The monoisotopic (exact) mass is 515 g/mol. The van der Waals surface area contributed by atoms with Crippen LogP contribution in [0.4, 0.5) is 5.82 Å². The number of nitrogens with zero attached hydrogens (tertiary/aromatic N) is 5. The van der Waals surface area contributed by atoms with Crippen LogP contribution < -0.4 is 15.6 Å². The zero-order valence-corrected chi connectivity index (χ0v) is 20.6. The van der Waals surface area contributed by atoms with Crippen LogP contribution >= 0.6 is 11.6 Å². The lowest BCUT2D eigenvalue weighted by atomic mass is 10.2. The van der Waals surface area contributed by atoms with E-state index in [9.17, 15) is 9.59 Å². The molecule has 0 unspecified atom stereocenters. The van der Waals surface area contributed by atoms with Crippen LogP contribution in [0.15, 0.2) is 65.5 Å². The molecule has 0 atom stereocenters. The van der Waals surface area contributed by atoms with Crippen molar-refractivity contribution in [2.45, 2.75) is 25.4 Å². The number of hydrogen-bond donors (Lipinski definition) is 2. The van der Waals surface area contributed by atoms with Gasteiger partial charge < -0.3 is 10.1 Å². The van der Waals surface area contributed by atoms with Crippen LogP contribution in [0.1, 0.15) is 40.5 Å². The topological polar surface area (TPSA) is 119 Å².